The Morgan fingerprint density at radius 3 is 2.00 bits per heavy atom. The van der Waals surface area contributed by atoms with Gasteiger partial charge in [0.15, 0.2) is 0 Å². The van der Waals surface area contributed by atoms with Gasteiger partial charge in [-0.25, -0.2) is 4.79 Å². The van der Waals surface area contributed by atoms with Gasteiger partial charge in [0, 0.05) is 13.1 Å². The maximum absolute atomic E-state index is 11.6. The van der Waals surface area contributed by atoms with Gasteiger partial charge < -0.3 is 15.3 Å². The van der Waals surface area contributed by atoms with Crippen molar-refractivity contribution in [1.29, 1.82) is 0 Å². The molecule has 1 unspecified atom stereocenters. The molecule has 0 aromatic rings. The van der Waals surface area contributed by atoms with Crippen molar-refractivity contribution in [2.24, 2.45) is 5.92 Å². The highest BCUT2D eigenvalue weighted by molar-refractivity contribution is 5.82. The zero-order valence-electron chi connectivity index (χ0n) is 9.94. The molecule has 15 heavy (non-hydrogen) atoms. The van der Waals surface area contributed by atoms with E-state index in [-0.39, 0.29) is 12.1 Å². The molecular weight excluding hydrogens is 196 g/mol. The molecule has 0 spiro atoms. The molecule has 0 radical (unpaired) electrons. The van der Waals surface area contributed by atoms with Gasteiger partial charge in [-0.1, -0.05) is 13.8 Å². The van der Waals surface area contributed by atoms with Crippen molar-refractivity contribution >= 4 is 12.0 Å². The van der Waals surface area contributed by atoms with Gasteiger partial charge in [0.1, 0.15) is 6.04 Å². The van der Waals surface area contributed by atoms with Crippen molar-refractivity contribution in [3.8, 4) is 0 Å². The first kappa shape index (κ1) is 13.7. The summed E-state index contributed by atoms with van der Waals surface area (Å²) < 4.78 is 0. The zero-order chi connectivity index (χ0) is 12.2. The number of rotatable bonds is 4. The Bertz CT molecular complexity index is 241. The minimum atomic E-state index is -1.03. The van der Waals surface area contributed by atoms with Crippen LogP contribution in [0.3, 0.4) is 0 Å². The van der Waals surface area contributed by atoms with E-state index < -0.39 is 12.0 Å². The van der Waals surface area contributed by atoms with Crippen LogP contribution in [0, 0.1) is 5.92 Å². The minimum absolute atomic E-state index is 0.0750. The molecule has 2 amide bonds. The van der Waals surface area contributed by atoms with Gasteiger partial charge in [-0.2, -0.15) is 0 Å². The second kappa shape index (κ2) is 5.58. The number of hydrogen-bond donors (Lipinski definition) is 2. The molecule has 0 saturated heterocycles. The Balaban J connectivity index is 4.27. The predicted octanol–water partition coefficient (Wildman–Crippen LogP) is 1.15. The van der Waals surface area contributed by atoms with Crippen molar-refractivity contribution in [3.63, 3.8) is 0 Å². The average Bonchev–Trinajstić information content (AvgIpc) is 2.14. The lowest BCUT2D eigenvalue weighted by Crippen LogP contribution is -2.49. The van der Waals surface area contributed by atoms with E-state index >= 15 is 0 Å². The van der Waals surface area contributed by atoms with E-state index in [9.17, 15) is 9.59 Å². The molecule has 0 bridgehead atoms. The summed E-state index contributed by atoms with van der Waals surface area (Å²) in [6.07, 6.45) is 0. The van der Waals surface area contributed by atoms with Crippen molar-refractivity contribution in [2.45, 2.75) is 39.8 Å². The third-order valence-electron chi connectivity index (χ3n) is 2.61. The molecule has 0 heterocycles. The standard InChI is InChI=1S/C10H20N2O3/c1-6(2)8(4)12(5)10(15)11-7(3)9(13)14/h6-8H,1-5H3,(H,11,15)(H,13,14)/t7-,8?/m1/s1. The monoisotopic (exact) mass is 216 g/mol. The number of carboxylic acids is 1. The molecule has 2 N–H and O–H groups in total. The fourth-order valence-corrected chi connectivity index (χ4v) is 0.981. The highest BCUT2D eigenvalue weighted by atomic mass is 16.4. The number of carbonyl (C=O) groups excluding carboxylic acids is 1. The highest BCUT2D eigenvalue weighted by Crippen LogP contribution is 2.07. The summed E-state index contributed by atoms with van der Waals surface area (Å²) in [6.45, 7) is 7.38. The molecule has 5 nitrogen and oxygen atoms in total. The van der Waals surface area contributed by atoms with E-state index in [2.05, 4.69) is 5.32 Å². The largest absolute Gasteiger partial charge is 0.480 e. The van der Waals surface area contributed by atoms with Crippen molar-refractivity contribution < 1.29 is 14.7 Å². The molecule has 2 atom stereocenters. The van der Waals surface area contributed by atoms with Crippen LogP contribution in [0.2, 0.25) is 0 Å². The molecule has 0 aliphatic heterocycles. The summed E-state index contributed by atoms with van der Waals surface area (Å²) in [5.74, 6) is -0.699. The first-order valence-corrected chi connectivity index (χ1v) is 5.03. The topological polar surface area (TPSA) is 69.6 Å². The first-order valence-electron chi connectivity index (χ1n) is 5.03. The average molecular weight is 216 g/mol. The molecule has 0 aliphatic carbocycles. The lowest BCUT2D eigenvalue weighted by Gasteiger charge is -2.28. The van der Waals surface area contributed by atoms with Gasteiger partial charge in [0.25, 0.3) is 0 Å². The molecule has 0 aliphatic rings. The number of urea groups is 1. The van der Waals surface area contributed by atoms with E-state index in [1.165, 1.54) is 11.8 Å². The van der Waals surface area contributed by atoms with Gasteiger partial charge in [-0.15, -0.1) is 0 Å². The van der Waals surface area contributed by atoms with Crippen LogP contribution in [0.15, 0.2) is 0 Å². The second-order valence-electron chi connectivity index (χ2n) is 4.10. The smallest absolute Gasteiger partial charge is 0.325 e. The number of hydrogen-bond acceptors (Lipinski definition) is 2. The van der Waals surface area contributed by atoms with Gasteiger partial charge in [-0.3, -0.25) is 4.79 Å². The van der Waals surface area contributed by atoms with Crippen LogP contribution in [-0.4, -0.2) is 41.1 Å². The van der Waals surface area contributed by atoms with Crippen molar-refractivity contribution in [2.75, 3.05) is 7.05 Å². The van der Waals surface area contributed by atoms with Crippen LogP contribution in [0.1, 0.15) is 27.7 Å². The Morgan fingerprint density at radius 1 is 1.20 bits per heavy atom. The summed E-state index contributed by atoms with van der Waals surface area (Å²) in [5, 5.41) is 11.0. The van der Waals surface area contributed by atoms with E-state index in [0.717, 1.165) is 0 Å². The van der Waals surface area contributed by atoms with Crippen LogP contribution in [0.5, 0.6) is 0 Å². The van der Waals surface area contributed by atoms with Gasteiger partial charge in [0.2, 0.25) is 0 Å². The van der Waals surface area contributed by atoms with E-state index in [0.29, 0.717) is 5.92 Å². The van der Waals surface area contributed by atoms with Crippen LogP contribution < -0.4 is 5.32 Å². The third-order valence-corrected chi connectivity index (χ3v) is 2.61. The first-order chi connectivity index (χ1) is 6.77. The molecule has 88 valence electrons. The summed E-state index contributed by atoms with van der Waals surface area (Å²) in [7, 11) is 1.66. The van der Waals surface area contributed by atoms with Gasteiger partial charge >= 0.3 is 12.0 Å². The van der Waals surface area contributed by atoms with Crippen LogP contribution in [0.4, 0.5) is 4.79 Å². The number of carbonyl (C=O) groups is 2. The molecule has 0 aromatic carbocycles. The van der Waals surface area contributed by atoms with Crippen LogP contribution in [0.25, 0.3) is 0 Å². The molecule has 0 saturated carbocycles. The zero-order valence-corrected chi connectivity index (χ0v) is 9.94. The fraction of sp³-hybridized carbons (Fsp3) is 0.800. The van der Waals surface area contributed by atoms with Crippen LogP contribution >= 0.6 is 0 Å². The van der Waals surface area contributed by atoms with Gasteiger partial charge in [0.05, 0.1) is 0 Å². The Kier molecular flexibility index (Phi) is 5.11. The molecular formula is C10H20N2O3. The summed E-state index contributed by atoms with van der Waals surface area (Å²) in [4.78, 5) is 23.6. The molecule has 0 rings (SSSR count). The maximum Gasteiger partial charge on any atom is 0.325 e. The number of carboxylic acid groups (broad SMARTS) is 1. The molecule has 0 aromatic heterocycles. The number of nitrogens with one attached hydrogen (secondary N) is 1. The quantitative estimate of drug-likeness (QED) is 0.740. The summed E-state index contributed by atoms with van der Waals surface area (Å²) in [5.41, 5.74) is 0. The predicted molar refractivity (Wildman–Crippen MR) is 57.7 cm³/mol. The third kappa shape index (κ3) is 4.18. The van der Waals surface area contributed by atoms with E-state index in [1.807, 2.05) is 20.8 Å². The lowest BCUT2D eigenvalue weighted by molar-refractivity contribution is -0.138. The normalized spacial score (nSPS) is 14.5. The Labute approximate surface area is 90.5 Å². The summed E-state index contributed by atoms with van der Waals surface area (Å²) >= 11 is 0. The maximum atomic E-state index is 11.6. The van der Waals surface area contributed by atoms with E-state index in [1.54, 1.807) is 7.05 Å². The second-order valence-corrected chi connectivity index (χ2v) is 4.10. The van der Waals surface area contributed by atoms with Crippen molar-refractivity contribution in [3.05, 3.63) is 0 Å². The number of aliphatic carboxylic acids is 1. The fourth-order valence-electron chi connectivity index (χ4n) is 0.981. The number of nitrogens with zero attached hydrogens (tertiary/aromatic N) is 1. The lowest BCUT2D eigenvalue weighted by atomic mass is 10.1. The van der Waals surface area contributed by atoms with E-state index in [4.69, 9.17) is 5.11 Å². The van der Waals surface area contributed by atoms with Crippen molar-refractivity contribution in [1.82, 2.24) is 10.2 Å². The Hall–Kier alpha value is -1.26. The highest BCUT2D eigenvalue weighted by Gasteiger charge is 2.21. The SMILES string of the molecule is CC(C)C(C)N(C)C(=O)N[C@H](C)C(=O)O. The summed E-state index contributed by atoms with van der Waals surface area (Å²) in [6, 6.07) is -1.14. The molecule has 5 heteroatoms. The minimum Gasteiger partial charge on any atom is -0.480 e. The van der Waals surface area contributed by atoms with Gasteiger partial charge in [-0.05, 0) is 19.8 Å². The van der Waals surface area contributed by atoms with Crippen LogP contribution in [-0.2, 0) is 4.79 Å². The number of amides is 2. The Morgan fingerprint density at radius 2 is 1.67 bits per heavy atom. The molecule has 0 fully saturated rings.